The maximum atomic E-state index is 13.9. The number of pyridine rings is 1. The molecule has 6 aromatic rings. The second-order valence-electron chi connectivity index (χ2n) is 10.7. The summed E-state index contributed by atoms with van der Waals surface area (Å²) in [5.41, 5.74) is 4.09. The second-order valence-corrected chi connectivity index (χ2v) is 11.2. The number of ether oxygens (including phenoxy) is 2. The molecule has 6 rings (SSSR count). The van der Waals surface area contributed by atoms with Crippen LogP contribution in [0.25, 0.3) is 10.9 Å². The third-order valence-corrected chi connectivity index (χ3v) is 8.24. The Morgan fingerprint density at radius 2 is 1.58 bits per heavy atom. The van der Waals surface area contributed by atoms with Crippen molar-refractivity contribution in [3.63, 3.8) is 0 Å². The van der Waals surface area contributed by atoms with Gasteiger partial charge in [-0.25, -0.2) is 4.68 Å². The molecule has 9 nitrogen and oxygen atoms in total. The minimum Gasteiger partial charge on any atom is -0.497 e. The van der Waals surface area contributed by atoms with Gasteiger partial charge >= 0.3 is 0 Å². The van der Waals surface area contributed by atoms with Gasteiger partial charge in [-0.1, -0.05) is 72.3 Å². The number of nitrogens with zero attached hydrogens (tertiary/aromatic N) is 5. The number of aromatic nitrogens is 5. The highest BCUT2D eigenvalue weighted by Gasteiger charge is 2.31. The van der Waals surface area contributed by atoms with Gasteiger partial charge in [0.05, 0.1) is 14.2 Å². The fourth-order valence-corrected chi connectivity index (χ4v) is 5.72. The normalized spacial score (nSPS) is 12.0. The molecule has 2 aromatic heterocycles. The first-order valence-corrected chi connectivity index (χ1v) is 15.0. The molecule has 0 saturated heterocycles. The van der Waals surface area contributed by atoms with Gasteiger partial charge in [0, 0.05) is 41.1 Å². The molecule has 0 bridgehead atoms. The Kier molecular flexibility index (Phi) is 9.19. The molecule has 228 valence electrons. The van der Waals surface area contributed by atoms with Gasteiger partial charge in [0.15, 0.2) is 5.82 Å². The maximum Gasteiger partial charge on any atom is 0.253 e. The minimum absolute atomic E-state index is 0.228. The molecule has 1 atom stereocenters. The van der Waals surface area contributed by atoms with E-state index >= 15 is 0 Å². The molecule has 1 unspecified atom stereocenters. The van der Waals surface area contributed by atoms with Crippen molar-refractivity contribution in [2.75, 3.05) is 14.2 Å². The van der Waals surface area contributed by atoms with E-state index in [1.54, 1.807) is 18.9 Å². The molecule has 0 aliphatic carbocycles. The van der Waals surface area contributed by atoms with Crippen LogP contribution in [0.4, 0.5) is 0 Å². The van der Waals surface area contributed by atoms with Gasteiger partial charge in [-0.15, -0.1) is 5.10 Å². The van der Waals surface area contributed by atoms with Crippen molar-refractivity contribution in [1.82, 2.24) is 30.1 Å². The number of benzene rings is 4. The van der Waals surface area contributed by atoms with Crippen LogP contribution in [0.15, 0.2) is 108 Å². The number of H-pyrrole nitrogens is 1. The number of tetrazole rings is 1. The monoisotopic (exact) mass is 620 g/mol. The van der Waals surface area contributed by atoms with Crippen molar-refractivity contribution < 1.29 is 9.47 Å². The van der Waals surface area contributed by atoms with Crippen LogP contribution in [0.5, 0.6) is 11.5 Å². The fourth-order valence-electron chi connectivity index (χ4n) is 5.53. The molecular weight excluding hydrogens is 588 g/mol. The zero-order valence-electron chi connectivity index (χ0n) is 25.1. The number of halogens is 1. The summed E-state index contributed by atoms with van der Waals surface area (Å²) in [7, 11) is 3.27. The van der Waals surface area contributed by atoms with E-state index in [-0.39, 0.29) is 5.56 Å². The quantitative estimate of drug-likeness (QED) is 0.173. The third-order valence-electron chi connectivity index (χ3n) is 7.88. The van der Waals surface area contributed by atoms with Gasteiger partial charge in [0.2, 0.25) is 0 Å². The topological polar surface area (TPSA) is 98.2 Å². The van der Waals surface area contributed by atoms with Crippen molar-refractivity contribution in [1.29, 1.82) is 0 Å². The number of aryl methyl sites for hydroxylation is 2. The average molecular weight is 621 g/mol. The molecule has 0 radical (unpaired) electrons. The van der Waals surface area contributed by atoms with Crippen LogP contribution in [0.2, 0.25) is 5.02 Å². The predicted octanol–water partition coefficient (Wildman–Crippen LogP) is 6.22. The molecule has 4 aromatic carbocycles. The minimum atomic E-state index is -0.631. The molecule has 0 fully saturated rings. The number of aromatic amines is 1. The van der Waals surface area contributed by atoms with Gasteiger partial charge in [-0.05, 0) is 76.0 Å². The standard InChI is InChI=1S/C35H33ClN6O3/c1-44-28-14-12-25(13-15-28)22-41(23-26-10-6-7-11-31(26)36)33(30-21-27-20-29(45-2)16-17-32(27)37-35(30)43)34-38-39-40-42(34)19-18-24-8-4-3-5-9-24/h3-17,20-21,33H,18-19,22-23H2,1-2H3,(H,37,43). The zero-order valence-corrected chi connectivity index (χ0v) is 25.8. The summed E-state index contributed by atoms with van der Waals surface area (Å²) in [6, 6.07) is 32.7. The summed E-state index contributed by atoms with van der Waals surface area (Å²) < 4.78 is 12.7. The number of methoxy groups -OCH3 is 2. The molecule has 0 spiro atoms. The number of nitrogens with one attached hydrogen (secondary N) is 1. The largest absolute Gasteiger partial charge is 0.497 e. The molecule has 1 N–H and O–H groups in total. The maximum absolute atomic E-state index is 13.9. The summed E-state index contributed by atoms with van der Waals surface area (Å²) >= 11 is 6.71. The zero-order chi connectivity index (χ0) is 31.2. The second kappa shape index (κ2) is 13.8. The predicted molar refractivity (Wildman–Crippen MR) is 175 cm³/mol. The summed E-state index contributed by atoms with van der Waals surface area (Å²) in [5, 5.41) is 14.5. The van der Waals surface area contributed by atoms with Crippen LogP contribution in [0.1, 0.15) is 34.1 Å². The van der Waals surface area contributed by atoms with Crippen molar-refractivity contribution in [2.24, 2.45) is 0 Å². The van der Waals surface area contributed by atoms with E-state index in [9.17, 15) is 4.79 Å². The van der Waals surface area contributed by atoms with Gasteiger partial charge in [0.25, 0.3) is 5.56 Å². The first kappa shape index (κ1) is 30.1. The lowest BCUT2D eigenvalue weighted by molar-refractivity contribution is 0.193. The van der Waals surface area contributed by atoms with Crippen LogP contribution >= 0.6 is 11.6 Å². The molecular formula is C35H33ClN6O3. The Labute approximate surface area is 266 Å². The molecule has 2 heterocycles. The highest BCUT2D eigenvalue weighted by Crippen LogP contribution is 2.32. The number of hydrogen-bond acceptors (Lipinski definition) is 7. The first-order chi connectivity index (χ1) is 22.0. The number of rotatable bonds is 12. The van der Waals surface area contributed by atoms with E-state index in [1.165, 1.54) is 0 Å². The van der Waals surface area contributed by atoms with E-state index in [2.05, 4.69) is 37.5 Å². The Balaban J connectivity index is 1.50. The Hall–Kier alpha value is -4.99. The lowest BCUT2D eigenvalue weighted by Crippen LogP contribution is -2.35. The lowest BCUT2D eigenvalue weighted by atomic mass is 10.0. The van der Waals surface area contributed by atoms with Crippen LogP contribution in [0, 0.1) is 0 Å². The van der Waals surface area contributed by atoms with Crippen LogP contribution in [0.3, 0.4) is 0 Å². The lowest BCUT2D eigenvalue weighted by Gasteiger charge is -2.31. The summed E-state index contributed by atoms with van der Waals surface area (Å²) in [6.45, 7) is 1.43. The fraction of sp³-hybridized carbons (Fsp3) is 0.200. The summed E-state index contributed by atoms with van der Waals surface area (Å²) in [4.78, 5) is 19.2. The van der Waals surface area contributed by atoms with E-state index in [1.807, 2.05) is 91.0 Å². The van der Waals surface area contributed by atoms with E-state index in [0.29, 0.717) is 47.3 Å². The van der Waals surface area contributed by atoms with Crippen LogP contribution in [-0.2, 0) is 26.1 Å². The molecule has 45 heavy (non-hydrogen) atoms. The van der Waals surface area contributed by atoms with Crippen molar-refractivity contribution in [2.45, 2.75) is 32.1 Å². The number of fused-ring (bicyclic) bond motifs is 1. The summed E-state index contributed by atoms with van der Waals surface area (Å²) in [6.07, 6.45) is 0.722. The Morgan fingerprint density at radius 1 is 0.844 bits per heavy atom. The molecule has 0 aliphatic heterocycles. The smallest absolute Gasteiger partial charge is 0.253 e. The third kappa shape index (κ3) is 6.90. The molecule has 10 heteroatoms. The highest BCUT2D eigenvalue weighted by atomic mass is 35.5. The van der Waals surface area contributed by atoms with E-state index < -0.39 is 6.04 Å². The summed E-state index contributed by atoms with van der Waals surface area (Å²) in [5.74, 6) is 2.01. The van der Waals surface area contributed by atoms with E-state index in [4.69, 9.17) is 21.1 Å². The first-order valence-electron chi connectivity index (χ1n) is 14.6. The van der Waals surface area contributed by atoms with Crippen molar-refractivity contribution in [3.05, 3.63) is 147 Å². The number of hydrogen-bond donors (Lipinski definition) is 1. The van der Waals surface area contributed by atoms with Crippen molar-refractivity contribution in [3.8, 4) is 11.5 Å². The van der Waals surface area contributed by atoms with Gasteiger partial charge in [-0.2, -0.15) is 0 Å². The Bertz CT molecular complexity index is 1940. The van der Waals surface area contributed by atoms with Gasteiger partial charge in [-0.3, -0.25) is 9.69 Å². The average Bonchev–Trinajstić information content (AvgIpc) is 3.53. The SMILES string of the molecule is COc1ccc(CN(Cc2ccccc2Cl)C(c2cc3cc(OC)ccc3[nH]c2=O)c2nnnn2CCc2ccccc2)cc1. The molecule has 0 saturated carbocycles. The van der Waals surface area contributed by atoms with Crippen LogP contribution < -0.4 is 15.0 Å². The van der Waals surface area contributed by atoms with Gasteiger partial charge < -0.3 is 14.5 Å². The molecule has 0 aliphatic rings. The molecule has 0 amide bonds. The Morgan fingerprint density at radius 3 is 2.33 bits per heavy atom. The van der Waals surface area contributed by atoms with Crippen molar-refractivity contribution >= 4 is 22.5 Å². The van der Waals surface area contributed by atoms with E-state index in [0.717, 1.165) is 34.2 Å². The van der Waals surface area contributed by atoms with Crippen LogP contribution in [-0.4, -0.2) is 44.3 Å². The van der Waals surface area contributed by atoms with Gasteiger partial charge in [0.1, 0.15) is 17.5 Å². The highest BCUT2D eigenvalue weighted by molar-refractivity contribution is 6.31.